The van der Waals surface area contributed by atoms with E-state index < -0.39 is 11.7 Å². The number of piperidine rings is 1. The number of nitrogens with zero attached hydrogens (tertiary/aromatic N) is 3. The Morgan fingerprint density at radius 2 is 1.75 bits per heavy atom. The number of piperazine rings is 1. The van der Waals surface area contributed by atoms with Gasteiger partial charge in [-0.15, -0.1) is 0 Å². The summed E-state index contributed by atoms with van der Waals surface area (Å²) in [6.45, 7) is 8.17. The summed E-state index contributed by atoms with van der Waals surface area (Å²) < 4.78 is 5.38. The molecule has 0 atom stereocenters. The number of amides is 3. The van der Waals surface area contributed by atoms with Gasteiger partial charge in [0.1, 0.15) is 12.1 Å². The van der Waals surface area contributed by atoms with Gasteiger partial charge < -0.3 is 19.6 Å². The average molecular weight is 341 g/mol. The molecule has 0 saturated carbocycles. The van der Waals surface area contributed by atoms with Crippen molar-refractivity contribution in [2.75, 3.05) is 39.3 Å². The van der Waals surface area contributed by atoms with Gasteiger partial charge >= 0.3 is 12.2 Å². The van der Waals surface area contributed by atoms with E-state index >= 15 is 0 Å². The van der Waals surface area contributed by atoms with Crippen LogP contribution >= 0.6 is 0 Å². The molecule has 3 amide bonds. The average Bonchev–Trinajstić information content (AvgIpc) is 2.48. The van der Waals surface area contributed by atoms with Crippen molar-refractivity contribution in [3.8, 4) is 0 Å². The molecule has 0 aromatic carbocycles. The highest BCUT2D eigenvalue weighted by molar-refractivity contribution is 5.83. The Morgan fingerprint density at radius 1 is 1.12 bits per heavy atom. The third-order valence-electron chi connectivity index (χ3n) is 4.33. The number of carboxylic acid groups (broad SMARTS) is 1. The summed E-state index contributed by atoms with van der Waals surface area (Å²) in [5.74, 6) is 0.197. The standard InChI is InChI=1S/C16H27N3O5/c1-16(2,3)24-15(23)17-6-4-12(5-7-17)10-18-8-9-19(14(21)22)11-13(18)20/h12H,4-11H2,1-3H3,(H,21,22). The molecule has 2 fully saturated rings. The van der Waals surface area contributed by atoms with E-state index in [-0.39, 0.29) is 18.5 Å². The van der Waals surface area contributed by atoms with Crippen LogP contribution < -0.4 is 0 Å². The van der Waals surface area contributed by atoms with Crippen LogP contribution in [0.25, 0.3) is 0 Å². The molecule has 2 rings (SSSR count). The summed E-state index contributed by atoms with van der Waals surface area (Å²) in [5, 5.41) is 8.93. The van der Waals surface area contributed by atoms with Crippen molar-refractivity contribution >= 4 is 18.1 Å². The molecule has 8 nitrogen and oxygen atoms in total. The SMILES string of the molecule is CC(C)(C)OC(=O)N1CCC(CN2CCN(C(=O)O)CC2=O)CC1. The number of ether oxygens (including phenoxy) is 1. The predicted octanol–water partition coefficient (Wildman–Crippen LogP) is 1.46. The summed E-state index contributed by atoms with van der Waals surface area (Å²) in [6.07, 6.45) is 0.318. The lowest BCUT2D eigenvalue weighted by Gasteiger charge is -2.38. The van der Waals surface area contributed by atoms with Crippen LogP contribution in [0.15, 0.2) is 0 Å². The van der Waals surface area contributed by atoms with E-state index in [9.17, 15) is 14.4 Å². The van der Waals surface area contributed by atoms with E-state index in [0.717, 1.165) is 17.7 Å². The Morgan fingerprint density at radius 3 is 2.25 bits per heavy atom. The maximum atomic E-state index is 12.0. The van der Waals surface area contributed by atoms with Gasteiger partial charge in [0.05, 0.1) is 0 Å². The molecule has 0 aromatic heterocycles. The fraction of sp³-hybridized carbons (Fsp3) is 0.812. The van der Waals surface area contributed by atoms with Crippen molar-refractivity contribution in [3.63, 3.8) is 0 Å². The highest BCUT2D eigenvalue weighted by Crippen LogP contribution is 2.21. The van der Waals surface area contributed by atoms with Gasteiger partial charge in [-0.1, -0.05) is 0 Å². The molecule has 0 spiro atoms. The molecular weight excluding hydrogens is 314 g/mol. The summed E-state index contributed by atoms with van der Waals surface area (Å²) >= 11 is 0. The van der Waals surface area contributed by atoms with Gasteiger partial charge in [-0.05, 0) is 39.5 Å². The van der Waals surface area contributed by atoms with E-state index in [1.807, 2.05) is 20.8 Å². The number of carbonyl (C=O) groups is 3. The lowest BCUT2D eigenvalue weighted by atomic mass is 9.96. The van der Waals surface area contributed by atoms with Crippen LogP contribution in [0.5, 0.6) is 0 Å². The molecule has 0 aromatic rings. The van der Waals surface area contributed by atoms with Crippen molar-refractivity contribution in [1.82, 2.24) is 14.7 Å². The molecule has 2 aliphatic heterocycles. The monoisotopic (exact) mass is 341 g/mol. The molecule has 136 valence electrons. The minimum atomic E-state index is -1.05. The first-order chi connectivity index (χ1) is 11.2. The quantitative estimate of drug-likeness (QED) is 0.821. The summed E-state index contributed by atoms with van der Waals surface area (Å²) in [5.41, 5.74) is -0.496. The van der Waals surface area contributed by atoms with Crippen LogP contribution in [-0.2, 0) is 9.53 Å². The second kappa shape index (κ2) is 7.27. The highest BCUT2D eigenvalue weighted by Gasteiger charge is 2.31. The number of likely N-dealkylation sites (tertiary alicyclic amines) is 1. The van der Waals surface area contributed by atoms with E-state index in [0.29, 0.717) is 38.6 Å². The first-order valence-electron chi connectivity index (χ1n) is 8.39. The highest BCUT2D eigenvalue weighted by atomic mass is 16.6. The Balaban J connectivity index is 1.76. The van der Waals surface area contributed by atoms with Crippen LogP contribution in [0.1, 0.15) is 33.6 Å². The van der Waals surface area contributed by atoms with Gasteiger partial charge in [0.25, 0.3) is 0 Å². The maximum Gasteiger partial charge on any atom is 0.410 e. The second-order valence-electron chi connectivity index (χ2n) is 7.45. The third kappa shape index (κ3) is 5.01. The van der Waals surface area contributed by atoms with Crippen LogP contribution in [0.2, 0.25) is 0 Å². The predicted molar refractivity (Wildman–Crippen MR) is 86.7 cm³/mol. The summed E-state index contributed by atoms with van der Waals surface area (Å²) in [6, 6.07) is 0. The van der Waals surface area contributed by atoms with Crippen molar-refractivity contribution in [2.45, 2.75) is 39.2 Å². The Bertz CT molecular complexity index is 494. The summed E-state index contributed by atoms with van der Waals surface area (Å²) in [7, 11) is 0. The Hall–Kier alpha value is -1.99. The van der Waals surface area contributed by atoms with E-state index in [4.69, 9.17) is 9.84 Å². The fourth-order valence-corrected chi connectivity index (χ4v) is 3.00. The number of rotatable bonds is 2. The molecular formula is C16H27N3O5. The Kier molecular flexibility index (Phi) is 5.56. The molecule has 0 bridgehead atoms. The van der Waals surface area contributed by atoms with Crippen molar-refractivity contribution < 1.29 is 24.2 Å². The lowest BCUT2D eigenvalue weighted by Crippen LogP contribution is -2.53. The van der Waals surface area contributed by atoms with Crippen LogP contribution in [0, 0.1) is 5.92 Å². The van der Waals surface area contributed by atoms with Gasteiger partial charge in [0.2, 0.25) is 5.91 Å². The largest absolute Gasteiger partial charge is 0.465 e. The Labute approximate surface area is 142 Å². The normalized spacial score (nSPS) is 20.3. The first kappa shape index (κ1) is 18.4. The van der Waals surface area contributed by atoms with Crippen LogP contribution in [0.4, 0.5) is 9.59 Å². The van der Waals surface area contributed by atoms with Crippen LogP contribution in [0.3, 0.4) is 0 Å². The maximum absolute atomic E-state index is 12.0. The van der Waals surface area contributed by atoms with Gasteiger partial charge in [-0.3, -0.25) is 9.69 Å². The molecule has 0 aliphatic carbocycles. The minimum absolute atomic E-state index is 0.0634. The topological polar surface area (TPSA) is 90.4 Å². The van der Waals surface area contributed by atoms with Crippen molar-refractivity contribution in [2.24, 2.45) is 5.92 Å². The molecule has 2 aliphatic rings. The number of carbonyl (C=O) groups excluding carboxylic acids is 2. The van der Waals surface area contributed by atoms with Crippen molar-refractivity contribution in [1.29, 1.82) is 0 Å². The zero-order valence-electron chi connectivity index (χ0n) is 14.7. The molecule has 8 heteroatoms. The zero-order chi connectivity index (χ0) is 17.9. The van der Waals surface area contributed by atoms with Crippen molar-refractivity contribution in [3.05, 3.63) is 0 Å². The lowest BCUT2D eigenvalue weighted by molar-refractivity contribution is -0.136. The number of hydrogen-bond acceptors (Lipinski definition) is 4. The van der Waals surface area contributed by atoms with E-state index in [1.54, 1.807) is 9.80 Å². The van der Waals surface area contributed by atoms with Gasteiger partial charge in [-0.2, -0.15) is 0 Å². The smallest absolute Gasteiger partial charge is 0.410 e. The van der Waals surface area contributed by atoms with Gasteiger partial charge in [0, 0.05) is 32.7 Å². The van der Waals surface area contributed by atoms with Gasteiger partial charge in [-0.25, -0.2) is 9.59 Å². The van der Waals surface area contributed by atoms with Crippen LogP contribution in [-0.4, -0.2) is 82.8 Å². The third-order valence-corrected chi connectivity index (χ3v) is 4.33. The number of hydrogen-bond donors (Lipinski definition) is 1. The molecule has 2 heterocycles. The van der Waals surface area contributed by atoms with E-state index in [1.165, 1.54) is 0 Å². The minimum Gasteiger partial charge on any atom is -0.465 e. The molecule has 1 N–H and O–H groups in total. The fourth-order valence-electron chi connectivity index (χ4n) is 3.00. The molecule has 2 saturated heterocycles. The second-order valence-corrected chi connectivity index (χ2v) is 7.45. The first-order valence-corrected chi connectivity index (χ1v) is 8.39. The molecule has 24 heavy (non-hydrogen) atoms. The zero-order valence-corrected chi connectivity index (χ0v) is 14.7. The summed E-state index contributed by atoms with van der Waals surface area (Å²) in [4.78, 5) is 39.6. The molecule has 0 unspecified atom stereocenters. The van der Waals surface area contributed by atoms with E-state index in [2.05, 4.69) is 0 Å². The molecule has 0 radical (unpaired) electrons. The van der Waals surface area contributed by atoms with Gasteiger partial charge in [0.15, 0.2) is 0 Å².